The maximum absolute atomic E-state index is 3.67. The second-order valence-electron chi connectivity index (χ2n) is 2.35. The van der Waals surface area contributed by atoms with Gasteiger partial charge in [-0.25, -0.2) is 0 Å². The van der Waals surface area contributed by atoms with Gasteiger partial charge in [-0.15, -0.1) is 0 Å². The maximum Gasteiger partial charge on any atom is 3.00 e. The topological polar surface area (TPSA) is 54.0 Å². The van der Waals surface area contributed by atoms with Crippen LogP contribution in [-0.4, -0.2) is 30.0 Å². The Morgan fingerprint density at radius 3 is 1.38 bits per heavy atom. The first kappa shape index (κ1) is 12.1. The first-order valence-electron chi connectivity index (χ1n) is 3.61. The predicted molar refractivity (Wildman–Crippen MR) is 50.3 cm³/mol. The van der Waals surface area contributed by atoms with E-state index in [-0.39, 0.29) is 19.8 Å². The molecule has 2 aromatic rings. The van der Waals surface area contributed by atoms with Crippen LogP contribution in [0.4, 0.5) is 0 Å². The van der Waals surface area contributed by atoms with Gasteiger partial charge < -0.3 is 20.4 Å². The molecule has 2 aromatic heterocycles. The van der Waals surface area contributed by atoms with Crippen molar-refractivity contribution < 1.29 is 0 Å². The zero-order valence-electron chi connectivity index (χ0n) is 7.68. The van der Waals surface area contributed by atoms with Crippen LogP contribution in [0, 0.1) is 13.8 Å². The van der Waals surface area contributed by atoms with Crippen molar-refractivity contribution in [2.45, 2.75) is 13.8 Å². The van der Waals surface area contributed by atoms with E-state index >= 15 is 0 Å². The molecular formula is C8H10GaN4+. The van der Waals surface area contributed by atoms with Crippen molar-refractivity contribution in [3.63, 3.8) is 0 Å². The normalized spacial score (nSPS) is 8.15. The fraction of sp³-hybridized carbons (Fsp3) is 0.250. The Labute approximate surface area is 90.2 Å². The Balaban J connectivity index is 0.000000206. The smallest absolute Gasteiger partial charge is 0.582 e. The molecule has 0 aliphatic heterocycles. The second-order valence-corrected chi connectivity index (χ2v) is 2.35. The summed E-state index contributed by atoms with van der Waals surface area (Å²) in [4.78, 5) is 0. The van der Waals surface area contributed by atoms with Crippen molar-refractivity contribution in [3.05, 3.63) is 35.9 Å². The van der Waals surface area contributed by atoms with Gasteiger partial charge in [-0.3, -0.25) is 0 Å². The molecule has 0 saturated carbocycles. The third-order valence-corrected chi connectivity index (χ3v) is 1.20. The van der Waals surface area contributed by atoms with Gasteiger partial charge in [0.1, 0.15) is 0 Å². The first-order valence-corrected chi connectivity index (χ1v) is 3.61. The Hall–Kier alpha value is -0.944. The van der Waals surface area contributed by atoms with Gasteiger partial charge in [0.05, 0.1) is 0 Å². The van der Waals surface area contributed by atoms with Crippen molar-refractivity contribution in [2.24, 2.45) is 0 Å². The minimum absolute atomic E-state index is 0. The van der Waals surface area contributed by atoms with Crippen LogP contribution in [0.1, 0.15) is 11.4 Å². The summed E-state index contributed by atoms with van der Waals surface area (Å²) in [6.07, 6.45) is 3.35. The number of rotatable bonds is 0. The van der Waals surface area contributed by atoms with Crippen molar-refractivity contribution in [1.29, 1.82) is 0 Å². The summed E-state index contributed by atoms with van der Waals surface area (Å²) in [6, 6.07) is 3.72. The Morgan fingerprint density at radius 2 is 1.31 bits per heavy atom. The molecule has 0 aromatic carbocycles. The quantitative estimate of drug-likeness (QED) is 0.613. The molecule has 0 saturated heterocycles. The second kappa shape index (κ2) is 6.56. The van der Waals surface area contributed by atoms with Crippen LogP contribution in [0.2, 0.25) is 0 Å². The number of aromatic nitrogens is 4. The van der Waals surface area contributed by atoms with Gasteiger partial charge in [-0.2, -0.15) is 12.4 Å². The van der Waals surface area contributed by atoms with Crippen LogP contribution in [0.25, 0.3) is 0 Å². The summed E-state index contributed by atoms with van der Waals surface area (Å²) in [7, 11) is 0. The molecule has 13 heavy (non-hydrogen) atoms. The van der Waals surface area contributed by atoms with Gasteiger partial charge in [0.15, 0.2) is 0 Å². The zero-order valence-corrected chi connectivity index (χ0v) is 10.1. The molecule has 2 heterocycles. The van der Waals surface area contributed by atoms with Crippen molar-refractivity contribution in [1.82, 2.24) is 20.4 Å². The van der Waals surface area contributed by atoms with E-state index in [0.717, 1.165) is 11.4 Å². The average molecular weight is 232 g/mol. The van der Waals surface area contributed by atoms with E-state index in [9.17, 15) is 0 Å². The standard InChI is InChI=1S/2C4H5N2.Ga/c2*1-4-2-3-5-6-4;/h2*2-3H,1H3;/q2*-1;+3. The minimum atomic E-state index is 0. The summed E-state index contributed by atoms with van der Waals surface area (Å²) in [5, 5.41) is 14.5. The molecule has 0 spiro atoms. The SMILES string of the molecule is Cc1cc[n-]n1.Cc1cc[n-]n1.[Ga+3]. The molecule has 0 amide bonds. The van der Waals surface area contributed by atoms with Crippen molar-refractivity contribution in [3.8, 4) is 0 Å². The van der Waals surface area contributed by atoms with Gasteiger partial charge >= 0.3 is 19.8 Å². The van der Waals surface area contributed by atoms with E-state index < -0.39 is 0 Å². The fourth-order valence-corrected chi connectivity index (χ4v) is 0.598. The minimum Gasteiger partial charge on any atom is -0.582 e. The van der Waals surface area contributed by atoms with Gasteiger partial charge in [0, 0.05) is 11.4 Å². The van der Waals surface area contributed by atoms with Crippen LogP contribution in [0.5, 0.6) is 0 Å². The van der Waals surface area contributed by atoms with Crippen LogP contribution in [-0.2, 0) is 0 Å². The molecule has 0 aliphatic rings. The third kappa shape index (κ3) is 5.32. The van der Waals surface area contributed by atoms with Gasteiger partial charge in [0.25, 0.3) is 0 Å². The predicted octanol–water partition coefficient (Wildman–Crippen LogP) is 0.314. The van der Waals surface area contributed by atoms with Gasteiger partial charge in [-0.1, -0.05) is 12.1 Å². The molecule has 0 atom stereocenters. The molecular weight excluding hydrogens is 222 g/mol. The van der Waals surface area contributed by atoms with Crippen LogP contribution < -0.4 is 10.2 Å². The molecule has 0 radical (unpaired) electrons. The largest absolute Gasteiger partial charge is 3.00 e. The van der Waals surface area contributed by atoms with Crippen molar-refractivity contribution in [2.75, 3.05) is 0 Å². The Kier molecular flexibility index (Phi) is 6.08. The van der Waals surface area contributed by atoms with Gasteiger partial charge in [0.2, 0.25) is 0 Å². The molecule has 0 fully saturated rings. The van der Waals surface area contributed by atoms with Crippen LogP contribution in [0.15, 0.2) is 24.5 Å². The molecule has 0 N–H and O–H groups in total. The first-order chi connectivity index (χ1) is 5.79. The van der Waals surface area contributed by atoms with Crippen molar-refractivity contribution >= 4 is 19.8 Å². The van der Waals surface area contributed by atoms with Gasteiger partial charge in [-0.05, 0) is 13.8 Å². The van der Waals surface area contributed by atoms with Crippen LogP contribution in [0.3, 0.4) is 0 Å². The molecule has 0 unspecified atom stereocenters. The fourth-order valence-electron chi connectivity index (χ4n) is 0.598. The summed E-state index contributed by atoms with van der Waals surface area (Å²) in [5.74, 6) is 0. The maximum atomic E-state index is 3.67. The number of nitrogens with zero attached hydrogens (tertiary/aromatic N) is 4. The van der Waals surface area contributed by atoms with Crippen LogP contribution >= 0.6 is 0 Å². The van der Waals surface area contributed by atoms with E-state index in [4.69, 9.17) is 0 Å². The molecule has 0 bridgehead atoms. The number of aryl methyl sites for hydroxylation is 2. The summed E-state index contributed by atoms with van der Waals surface area (Å²) < 4.78 is 0. The number of hydrogen-bond acceptors (Lipinski definition) is 2. The van der Waals surface area contributed by atoms with E-state index in [1.165, 1.54) is 0 Å². The molecule has 2 rings (SSSR count). The average Bonchev–Trinajstić information content (AvgIpc) is 2.63. The Bertz CT molecular complexity index is 256. The van der Waals surface area contributed by atoms with E-state index in [0.29, 0.717) is 0 Å². The van der Waals surface area contributed by atoms with E-state index in [2.05, 4.69) is 20.4 Å². The number of hydrogen-bond donors (Lipinski definition) is 0. The zero-order chi connectivity index (χ0) is 8.81. The molecule has 64 valence electrons. The monoisotopic (exact) mass is 231 g/mol. The third-order valence-electron chi connectivity index (χ3n) is 1.20. The molecule has 4 nitrogen and oxygen atoms in total. The molecule has 5 heteroatoms. The summed E-state index contributed by atoms with van der Waals surface area (Å²) >= 11 is 0. The summed E-state index contributed by atoms with van der Waals surface area (Å²) in [6.45, 7) is 3.82. The Morgan fingerprint density at radius 1 is 0.923 bits per heavy atom. The van der Waals surface area contributed by atoms with E-state index in [1.807, 2.05) is 26.0 Å². The summed E-state index contributed by atoms with van der Waals surface area (Å²) in [5.41, 5.74) is 1.96. The molecule has 0 aliphatic carbocycles. The van der Waals surface area contributed by atoms with E-state index in [1.54, 1.807) is 12.4 Å².